The van der Waals surface area contributed by atoms with E-state index < -0.39 is 23.6 Å². The van der Waals surface area contributed by atoms with Crippen molar-refractivity contribution < 1.29 is 18.3 Å². The van der Waals surface area contributed by atoms with E-state index in [1.165, 1.54) is 0 Å². The second-order valence-corrected chi connectivity index (χ2v) is 2.81. The zero-order valence-electron chi connectivity index (χ0n) is 6.27. The fourth-order valence-corrected chi connectivity index (χ4v) is 1.25. The highest BCUT2D eigenvalue weighted by molar-refractivity contribution is 9.08. The van der Waals surface area contributed by atoms with Gasteiger partial charge in [0, 0.05) is 5.33 Å². The molecule has 0 saturated heterocycles. The monoisotopic (exact) mass is 255 g/mol. The highest BCUT2D eigenvalue weighted by Crippen LogP contribution is 2.32. The Labute approximate surface area is 80.5 Å². The van der Waals surface area contributed by atoms with Gasteiger partial charge in [-0.1, -0.05) is 15.9 Å². The molecular formula is C7H5BrF3NO. The number of pyridine rings is 1. The maximum Gasteiger partial charge on any atom is 0.270 e. The number of aromatic hydroxyl groups is 1. The van der Waals surface area contributed by atoms with Crippen LogP contribution in [0.2, 0.25) is 0 Å². The Morgan fingerprint density at radius 2 is 2.15 bits per heavy atom. The highest BCUT2D eigenvalue weighted by Gasteiger charge is 2.21. The molecule has 0 aliphatic heterocycles. The van der Waals surface area contributed by atoms with Crippen LogP contribution in [0.1, 0.15) is 17.7 Å². The summed E-state index contributed by atoms with van der Waals surface area (Å²) in [6, 6.07) is 0. The zero-order chi connectivity index (χ0) is 10.0. The average molecular weight is 256 g/mol. The normalized spacial score (nSPS) is 10.8. The van der Waals surface area contributed by atoms with E-state index in [0.29, 0.717) is 6.20 Å². The van der Waals surface area contributed by atoms with E-state index in [4.69, 9.17) is 5.11 Å². The van der Waals surface area contributed by atoms with Crippen molar-refractivity contribution in [3.63, 3.8) is 0 Å². The molecule has 6 heteroatoms. The molecule has 1 N–H and O–H groups in total. The van der Waals surface area contributed by atoms with Gasteiger partial charge in [-0.05, 0) is 0 Å². The van der Waals surface area contributed by atoms with Crippen LogP contribution in [0.3, 0.4) is 0 Å². The summed E-state index contributed by atoms with van der Waals surface area (Å²) in [4.78, 5) is 3.43. The van der Waals surface area contributed by atoms with Crippen LogP contribution < -0.4 is 0 Å². The molecule has 72 valence electrons. The molecule has 13 heavy (non-hydrogen) atoms. The van der Waals surface area contributed by atoms with Crippen molar-refractivity contribution in [1.82, 2.24) is 4.98 Å². The summed E-state index contributed by atoms with van der Waals surface area (Å²) < 4.78 is 37.0. The van der Waals surface area contributed by atoms with Crippen molar-refractivity contribution in [2.24, 2.45) is 0 Å². The lowest BCUT2D eigenvalue weighted by Crippen LogP contribution is -1.97. The molecule has 0 fully saturated rings. The van der Waals surface area contributed by atoms with Crippen molar-refractivity contribution in [1.29, 1.82) is 0 Å². The summed E-state index contributed by atoms with van der Waals surface area (Å²) in [5.74, 6) is -1.98. The Kier molecular flexibility index (Phi) is 3.13. The molecule has 0 aromatic carbocycles. The summed E-state index contributed by atoms with van der Waals surface area (Å²) in [5.41, 5.74) is -0.999. The van der Waals surface area contributed by atoms with E-state index in [9.17, 15) is 13.2 Å². The molecule has 0 radical (unpaired) electrons. The first-order chi connectivity index (χ1) is 6.07. The zero-order valence-corrected chi connectivity index (χ0v) is 7.85. The van der Waals surface area contributed by atoms with Gasteiger partial charge in [0.05, 0.1) is 17.5 Å². The van der Waals surface area contributed by atoms with Gasteiger partial charge in [-0.15, -0.1) is 0 Å². The molecular weight excluding hydrogens is 251 g/mol. The van der Waals surface area contributed by atoms with Crippen LogP contribution in [0.15, 0.2) is 6.20 Å². The second kappa shape index (κ2) is 3.95. The van der Waals surface area contributed by atoms with Crippen molar-refractivity contribution in [3.05, 3.63) is 23.3 Å². The molecule has 0 spiro atoms. The first kappa shape index (κ1) is 10.3. The number of aromatic nitrogens is 1. The molecule has 0 atom stereocenters. The van der Waals surface area contributed by atoms with Crippen LogP contribution >= 0.6 is 15.9 Å². The Balaban J connectivity index is 3.30. The molecule has 1 heterocycles. The van der Waals surface area contributed by atoms with Gasteiger partial charge in [0.15, 0.2) is 5.82 Å². The Bertz CT molecular complexity index is 319. The number of nitrogens with zero attached hydrogens (tertiary/aromatic N) is 1. The lowest BCUT2D eigenvalue weighted by molar-refractivity contribution is 0.141. The maximum atomic E-state index is 12.7. The van der Waals surface area contributed by atoms with Gasteiger partial charge in [0.2, 0.25) is 0 Å². The average Bonchev–Trinajstić information content (AvgIpc) is 2.04. The summed E-state index contributed by atoms with van der Waals surface area (Å²) in [6.45, 7) is 0. The minimum absolute atomic E-state index is 0.00306. The van der Waals surface area contributed by atoms with Crippen LogP contribution in [0.25, 0.3) is 0 Å². The highest BCUT2D eigenvalue weighted by atomic mass is 79.9. The van der Waals surface area contributed by atoms with Gasteiger partial charge >= 0.3 is 0 Å². The number of rotatable bonds is 2. The van der Waals surface area contributed by atoms with Gasteiger partial charge in [-0.2, -0.15) is 0 Å². The van der Waals surface area contributed by atoms with E-state index >= 15 is 0 Å². The number of alkyl halides is 3. The van der Waals surface area contributed by atoms with Crippen LogP contribution in [0.4, 0.5) is 13.2 Å². The van der Waals surface area contributed by atoms with Crippen LogP contribution in [0.5, 0.6) is 5.75 Å². The standard InChI is InChI=1S/C7H5BrF3NO/c8-1-4-6(13)5(7(10)11)3(9)2-12-4/h2,7,13H,1H2. The molecule has 1 aromatic rings. The van der Waals surface area contributed by atoms with E-state index in [-0.39, 0.29) is 11.0 Å². The van der Waals surface area contributed by atoms with Crippen molar-refractivity contribution >= 4 is 15.9 Å². The third-order valence-electron chi connectivity index (χ3n) is 1.46. The summed E-state index contributed by atoms with van der Waals surface area (Å²) in [7, 11) is 0. The first-order valence-corrected chi connectivity index (χ1v) is 4.40. The maximum absolute atomic E-state index is 12.7. The molecule has 0 unspecified atom stereocenters. The van der Waals surface area contributed by atoms with Gasteiger partial charge in [-0.25, -0.2) is 13.2 Å². The summed E-state index contributed by atoms with van der Waals surface area (Å²) in [5, 5.41) is 9.22. The fourth-order valence-electron chi connectivity index (χ4n) is 0.839. The van der Waals surface area contributed by atoms with Gasteiger partial charge < -0.3 is 5.11 Å². The Morgan fingerprint density at radius 1 is 1.54 bits per heavy atom. The van der Waals surface area contributed by atoms with Gasteiger partial charge in [-0.3, -0.25) is 4.98 Å². The SMILES string of the molecule is Oc1c(CBr)ncc(F)c1C(F)F. The van der Waals surface area contributed by atoms with E-state index in [2.05, 4.69) is 20.9 Å². The molecule has 1 aromatic heterocycles. The smallest absolute Gasteiger partial charge is 0.270 e. The molecule has 0 amide bonds. The Morgan fingerprint density at radius 3 is 2.62 bits per heavy atom. The topological polar surface area (TPSA) is 33.1 Å². The van der Waals surface area contributed by atoms with E-state index in [1.807, 2.05) is 0 Å². The van der Waals surface area contributed by atoms with E-state index in [1.54, 1.807) is 0 Å². The third-order valence-corrected chi connectivity index (χ3v) is 2.00. The lowest BCUT2D eigenvalue weighted by atomic mass is 10.2. The molecule has 2 nitrogen and oxygen atoms in total. The molecule has 0 saturated carbocycles. The van der Waals surface area contributed by atoms with Crippen LogP contribution in [-0.2, 0) is 5.33 Å². The lowest BCUT2D eigenvalue weighted by Gasteiger charge is -2.06. The van der Waals surface area contributed by atoms with Gasteiger partial charge in [0.1, 0.15) is 5.75 Å². The minimum atomic E-state index is -3.04. The predicted octanol–water partition coefficient (Wildman–Crippen LogP) is 2.76. The third kappa shape index (κ3) is 1.93. The Hall–Kier alpha value is -0.780. The first-order valence-electron chi connectivity index (χ1n) is 3.28. The summed E-state index contributed by atoms with van der Waals surface area (Å²) >= 11 is 2.93. The molecule has 0 aliphatic rings. The summed E-state index contributed by atoms with van der Waals surface area (Å²) in [6.07, 6.45) is -2.38. The van der Waals surface area contributed by atoms with Crippen molar-refractivity contribution in [2.75, 3.05) is 0 Å². The molecule has 0 bridgehead atoms. The van der Waals surface area contributed by atoms with Crippen molar-refractivity contribution in [2.45, 2.75) is 11.8 Å². The largest absolute Gasteiger partial charge is 0.505 e. The fraction of sp³-hybridized carbons (Fsp3) is 0.286. The van der Waals surface area contributed by atoms with Crippen molar-refractivity contribution in [3.8, 4) is 5.75 Å². The number of hydrogen-bond donors (Lipinski definition) is 1. The van der Waals surface area contributed by atoms with Crippen LogP contribution in [-0.4, -0.2) is 10.1 Å². The second-order valence-electron chi connectivity index (χ2n) is 2.25. The minimum Gasteiger partial charge on any atom is -0.505 e. The molecule has 0 aliphatic carbocycles. The van der Waals surface area contributed by atoms with Crippen LogP contribution in [0, 0.1) is 5.82 Å². The predicted molar refractivity (Wildman–Crippen MR) is 43.4 cm³/mol. The quantitative estimate of drug-likeness (QED) is 0.825. The van der Waals surface area contributed by atoms with Gasteiger partial charge in [0.25, 0.3) is 6.43 Å². The number of halogens is 4. The molecule has 1 rings (SSSR count). The van der Waals surface area contributed by atoms with E-state index in [0.717, 1.165) is 0 Å². The number of hydrogen-bond acceptors (Lipinski definition) is 2.